The summed E-state index contributed by atoms with van der Waals surface area (Å²) in [5, 5.41) is 4.36. The van der Waals surface area contributed by atoms with Gasteiger partial charge >= 0.3 is 0 Å². The van der Waals surface area contributed by atoms with Gasteiger partial charge in [-0.3, -0.25) is 18.8 Å². The van der Waals surface area contributed by atoms with Crippen LogP contribution in [0.5, 0.6) is 0 Å². The van der Waals surface area contributed by atoms with E-state index in [1.54, 1.807) is 24.6 Å². The summed E-state index contributed by atoms with van der Waals surface area (Å²) in [4.78, 5) is 25.0. The highest BCUT2D eigenvalue weighted by Crippen LogP contribution is 2.31. The van der Waals surface area contributed by atoms with Gasteiger partial charge in [-0.2, -0.15) is 13.5 Å². The molecule has 9 heteroatoms. The Morgan fingerprint density at radius 2 is 1.82 bits per heavy atom. The molecule has 1 heterocycles. The number of fused-ring (bicyclic) bond motifs is 1. The molecule has 1 aromatic carbocycles. The molecule has 1 aliphatic rings. The quantitative estimate of drug-likeness (QED) is 0.676. The van der Waals surface area contributed by atoms with Crippen molar-refractivity contribution in [2.75, 3.05) is 0 Å². The number of aromatic nitrogens is 2. The van der Waals surface area contributed by atoms with Gasteiger partial charge in [-0.05, 0) is 72.8 Å². The first-order valence-corrected chi connectivity index (χ1v) is 10.9. The number of carbonyl (C=O) groups excluding carboxylic acids is 2. The number of hydrogen-bond donors (Lipinski definition) is 1. The third-order valence-corrected chi connectivity index (χ3v) is 6.68. The molecule has 0 spiro atoms. The smallest absolute Gasteiger partial charge is 0.288 e. The molecule has 28 heavy (non-hydrogen) atoms. The summed E-state index contributed by atoms with van der Waals surface area (Å²) in [7, 11) is -4.26. The van der Waals surface area contributed by atoms with E-state index in [2.05, 4.69) is 21.0 Å². The monoisotopic (exact) mass is 466 g/mol. The molecule has 0 bridgehead atoms. The second-order valence-corrected chi connectivity index (χ2v) is 9.01. The predicted octanol–water partition coefficient (Wildman–Crippen LogP) is 3.43. The lowest BCUT2D eigenvalue weighted by atomic mass is 9.94. The summed E-state index contributed by atoms with van der Waals surface area (Å²) in [6, 6.07) is 4.46. The summed E-state index contributed by atoms with van der Waals surface area (Å²) in [5.74, 6) is -0.473. The van der Waals surface area contributed by atoms with Crippen LogP contribution < -0.4 is 0 Å². The highest BCUT2D eigenvalue weighted by molar-refractivity contribution is 9.12. The molecule has 0 fully saturated rings. The minimum atomic E-state index is -4.26. The Morgan fingerprint density at radius 1 is 1.14 bits per heavy atom. The summed E-state index contributed by atoms with van der Waals surface area (Å²) in [6.07, 6.45) is 1.11. The molecule has 148 valence electrons. The lowest BCUT2D eigenvalue weighted by Gasteiger charge is -2.14. The second kappa shape index (κ2) is 7.38. The number of nitrogens with zero attached hydrogens (tertiary/aromatic N) is 2. The number of allylic oxidation sites excluding steroid dienone is 2. The first kappa shape index (κ1) is 20.6. The topological polar surface area (TPSA) is 106 Å². The average molecular weight is 467 g/mol. The molecule has 0 unspecified atom stereocenters. The molecule has 1 aromatic heterocycles. The van der Waals surface area contributed by atoms with Gasteiger partial charge < -0.3 is 0 Å². The summed E-state index contributed by atoms with van der Waals surface area (Å²) in [5.41, 5.74) is 3.17. The third kappa shape index (κ3) is 3.61. The van der Waals surface area contributed by atoms with Crippen LogP contribution in [0.15, 0.2) is 33.2 Å². The number of aryl methyl sites for hydroxylation is 4. The maximum Gasteiger partial charge on any atom is 0.294 e. The molecule has 0 saturated carbocycles. The van der Waals surface area contributed by atoms with Crippen LogP contribution in [0.3, 0.4) is 0 Å². The van der Waals surface area contributed by atoms with Crippen LogP contribution in [0.1, 0.15) is 51.0 Å². The van der Waals surface area contributed by atoms with Crippen molar-refractivity contribution in [3.63, 3.8) is 0 Å². The normalized spacial score (nSPS) is 14.6. The Bertz CT molecular complexity index is 1150. The van der Waals surface area contributed by atoms with E-state index >= 15 is 0 Å². The van der Waals surface area contributed by atoms with Gasteiger partial charge in [0.15, 0.2) is 0 Å². The number of rotatable bonds is 5. The second-order valence-electron chi connectivity index (χ2n) is 6.80. The van der Waals surface area contributed by atoms with Crippen LogP contribution in [-0.2, 0) is 23.1 Å². The van der Waals surface area contributed by atoms with Crippen LogP contribution in [0.2, 0.25) is 0 Å². The Labute approximate surface area is 171 Å². The molecule has 2 aromatic rings. The Morgan fingerprint density at radius 3 is 2.46 bits per heavy atom. The van der Waals surface area contributed by atoms with E-state index < -0.39 is 10.1 Å². The number of ketones is 2. The van der Waals surface area contributed by atoms with Gasteiger partial charge in [0.25, 0.3) is 10.1 Å². The molecule has 0 amide bonds. The largest absolute Gasteiger partial charge is 0.294 e. The minimum absolute atomic E-state index is 0.146. The highest BCUT2D eigenvalue weighted by Gasteiger charge is 2.34. The molecule has 0 atom stereocenters. The molecular weight excluding hydrogens is 448 g/mol. The maximum atomic E-state index is 12.7. The fraction of sp³-hybridized carbons (Fsp3) is 0.316. The van der Waals surface area contributed by atoms with Crippen LogP contribution in [0, 0.1) is 13.8 Å². The van der Waals surface area contributed by atoms with E-state index in [1.165, 1.54) is 12.1 Å². The number of halogens is 1. The van der Waals surface area contributed by atoms with E-state index in [0.717, 1.165) is 11.1 Å². The summed E-state index contributed by atoms with van der Waals surface area (Å²) >= 11 is 3.19. The van der Waals surface area contributed by atoms with Gasteiger partial charge in [-0.25, -0.2) is 0 Å². The minimum Gasteiger partial charge on any atom is -0.288 e. The standard InChI is InChI=1S/C19H19BrN2O5S/c1-10-6-7-14(28(25,26)27)9-13(10)5-4-8-22-17-15(12(3)21-22)19(24)16(20)11(2)18(17)23/h6-7,9H,4-5,8H2,1-3H3,(H,25,26,27). The Kier molecular flexibility index (Phi) is 5.44. The first-order valence-electron chi connectivity index (χ1n) is 8.62. The molecule has 3 rings (SSSR count). The SMILES string of the molecule is CC1=C(Br)C(=O)c2c(C)nn(CCCc3cc(S(=O)(=O)O)ccc3C)c2C1=O. The van der Waals surface area contributed by atoms with Crippen molar-refractivity contribution in [1.82, 2.24) is 9.78 Å². The maximum absolute atomic E-state index is 12.7. The number of Topliss-reactive ketones (excluding diaryl/α,β-unsaturated/α-hetero) is 2. The van der Waals surface area contributed by atoms with Crippen molar-refractivity contribution in [2.24, 2.45) is 0 Å². The summed E-state index contributed by atoms with van der Waals surface area (Å²) < 4.78 is 33.7. The van der Waals surface area contributed by atoms with E-state index in [-0.39, 0.29) is 20.9 Å². The van der Waals surface area contributed by atoms with Gasteiger partial charge in [-0.1, -0.05) is 6.07 Å². The first-order chi connectivity index (χ1) is 13.0. The average Bonchev–Trinajstić information content (AvgIpc) is 2.95. The zero-order valence-electron chi connectivity index (χ0n) is 15.6. The number of benzene rings is 1. The van der Waals surface area contributed by atoms with Crippen molar-refractivity contribution in [3.05, 3.63) is 56.3 Å². The highest BCUT2D eigenvalue weighted by atomic mass is 79.9. The van der Waals surface area contributed by atoms with Gasteiger partial charge in [-0.15, -0.1) is 0 Å². The number of hydrogen-bond acceptors (Lipinski definition) is 5. The van der Waals surface area contributed by atoms with Crippen LogP contribution in [0.4, 0.5) is 0 Å². The van der Waals surface area contributed by atoms with Crippen molar-refractivity contribution in [2.45, 2.75) is 45.1 Å². The lowest BCUT2D eigenvalue weighted by Crippen LogP contribution is -2.21. The molecule has 0 saturated heterocycles. The van der Waals surface area contributed by atoms with Crippen LogP contribution >= 0.6 is 15.9 Å². The zero-order valence-corrected chi connectivity index (χ0v) is 18.0. The predicted molar refractivity (Wildman–Crippen MR) is 107 cm³/mol. The van der Waals surface area contributed by atoms with Gasteiger partial charge in [0.05, 0.1) is 20.6 Å². The molecule has 0 radical (unpaired) electrons. The van der Waals surface area contributed by atoms with Gasteiger partial charge in [0.1, 0.15) is 5.69 Å². The van der Waals surface area contributed by atoms with Crippen molar-refractivity contribution < 1.29 is 22.6 Å². The van der Waals surface area contributed by atoms with Crippen molar-refractivity contribution in [3.8, 4) is 0 Å². The van der Waals surface area contributed by atoms with E-state index in [1.807, 2.05) is 6.92 Å². The van der Waals surface area contributed by atoms with E-state index in [0.29, 0.717) is 41.9 Å². The fourth-order valence-electron chi connectivity index (χ4n) is 3.30. The molecule has 0 aliphatic heterocycles. The lowest BCUT2D eigenvalue weighted by molar-refractivity contribution is 0.0975. The Balaban J connectivity index is 1.84. The van der Waals surface area contributed by atoms with Crippen LogP contribution in [-0.4, -0.2) is 34.3 Å². The van der Waals surface area contributed by atoms with Crippen LogP contribution in [0.25, 0.3) is 0 Å². The molecule has 1 aliphatic carbocycles. The fourth-order valence-corrected chi connectivity index (χ4v) is 4.21. The molecular formula is C19H19BrN2O5S. The van der Waals surface area contributed by atoms with E-state index in [9.17, 15) is 22.6 Å². The van der Waals surface area contributed by atoms with E-state index in [4.69, 9.17) is 0 Å². The number of carbonyl (C=O) groups is 2. The molecule has 1 N–H and O–H groups in total. The third-order valence-electron chi connectivity index (χ3n) is 4.87. The zero-order chi connectivity index (χ0) is 20.8. The van der Waals surface area contributed by atoms with Crippen molar-refractivity contribution >= 4 is 37.6 Å². The summed E-state index contributed by atoms with van der Waals surface area (Å²) in [6.45, 7) is 5.55. The van der Waals surface area contributed by atoms with Gasteiger partial charge in [0, 0.05) is 12.1 Å². The Hall–Kier alpha value is -2.10. The van der Waals surface area contributed by atoms with Gasteiger partial charge in [0.2, 0.25) is 11.6 Å². The van der Waals surface area contributed by atoms with Crippen molar-refractivity contribution in [1.29, 1.82) is 0 Å². The molecule has 7 nitrogen and oxygen atoms in total.